The van der Waals surface area contributed by atoms with Crippen molar-refractivity contribution in [3.63, 3.8) is 0 Å². The number of anilines is 2. The van der Waals surface area contributed by atoms with E-state index >= 15 is 0 Å². The highest BCUT2D eigenvalue weighted by Crippen LogP contribution is 2.30. The first-order valence-corrected chi connectivity index (χ1v) is 11.1. The molecule has 0 aliphatic heterocycles. The number of carbonyl (C=O) groups excluding carboxylic acids is 1. The molecule has 3 heterocycles. The number of H-pyrrole nitrogens is 1. The number of amides is 1. The predicted molar refractivity (Wildman–Crippen MR) is 134 cm³/mol. The van der Waals surface area contributed by atoms with Gasteiger partial charge in [-0.05, 0) is 48.0 Å². The summed E-state index contributed by atoms with van der Waals surface area (Å²) in [5.74, 6) is -0.357. The fraction of sp³-hybridized carbons (Fsp3) is 0.0833. The molecule has 0 saturated heterocycles. The lowest BCUT2D eigenvalue weighted by atomic mass is 10.2. The zero-order valence-electron chi connectivity index (χ0n) is 18.0. The number of aromatic nitrogens is 5. The van der Waals surface area contributed by atoms with Crippen LogP contribution >= 0.6 is 23.2 Å². The van der Waals surface area contributed by atoms with E-state index in [0.717, 1.165) is 16.8 Å². The SMILES string of the molecule is CN(Cc1ccc(Cl)cc1)c1c(C(=O)Nc2ccc(Cl)cc2)nn2c(-c3cn[nH]c3)ccnc12. The number of hydrogen-bond donors (Lipinski definition) is 2. The smallest absolute Gasteiger partial charge is 0.278 e. The molecule has 0 unspecified atom stereocenters. The molecule has 0 fully saturated rings. The lowest BCUT2D eigenvalue weighted by Crippen LogP contribution is -2.21. The molecule has 0 aliphatic carbocycles. The zero-order valence-corrected chi connectivity index (χ0v) is 19.5. The van der Waals surface area contributed by atoms with Crippen molar-refractivity contribution in [3.8, 4) is 11.3 Å². The van der Waals surface area contributed by atoms with E-state index < -0.39 is 0 Å². The maximum Gasteiger partial charge on any atom is 0.278 e. The van der Waals surface area contributed by atoms with Crippen LogP contribution in [0.15, 0.2) is 73.2 Å². The van der Waals surface area contributed by atoms with E-state index in [4.69, 9.17) is 23.2 Å². The van der Waals surface area contributed by atoms with Crippen molar-refractivity contribution in [2.75, 3.05) is 17.3 Å². The Morgan fingerprint density at radius 2 is 1.76 bits per heavy atom. The molecule has 0 saturated carbocycles. The fourth-order valence-corrected chi connectivity index (χ4v) is 3.97. The Bertz CT molecular complexity index is 1450. The lowest BCUT2D eigenvalue weighted by molar-refractivity contribution is 0.102. The molecule has 0 bridgehead atoms. The average molecular weight is 492 g/mol. The third kappa shape index (κ3) is 4.33. The highest BCUT2D eigenvalue weighted by atomic mass is 35.5. The maximum absolute atomic E-state index is 13.4. The van der Waals surface area contributed by atoms with Crippen LogP contribution in [0.5, 0.6) is 0 Å². The third-order valence-corrected chi connectivity index (χ3v) is 5.82. The van der Waals surface area contributed by atoms with E-state index in [2.05, 4.69) is 25.6 Å². The molecular weight excluding hydrogens is 473 g/mol. The largest absolute Gasteiger partial charge is 0.365 e. The van der Waals surface area contributed by atoms with Gasteiger partial charge in [-0.15, -0.1) is 0 Å². The lowest BCUT2D eigenvalue weighted by Gasteiger charge is -2.19. The van der Waals surface area contributed by atoms with E-state index in [1.54, 1.807) is 47.4 Å². The summed E-state index contributed by atoms with van der Waals surface area (Å²) in [6.07, 6.45) is 5.15. The minimum Gasteiger partial charge on any atom is -0.365 e. The summed E-state index contributed by atoms with van der Waals surface area (Å²) in [5.41, 5.74) is 4.62. The molecule has 34 heavy (non-hydrogen) atoms. The first-order chi connectivity index (χ1) is 16.5. The van der Waals surface area contributed by atoms with Crippen LogP contribution < -0.4 is 10.2 Å². The molecule has 5 aromatic rings. The zero-order chi connectivity index (χ0) is 23.7. The van der Waals surface area contributed by atoms with Gasteiger partial charge in [0.2, 0.25) is 0 Å². The Kier molecular flexibility index (Phi) is 5.91. The van der Waals surface area contributed by atoms with Crippen LogP contribution in [-0.4, -0.2) is 37.8 Å². The molecule has 8 nitrogen and oxygen atoms in total. The summed E-state index contributed by atoms with van der Waals surface area (Å²) in [6.45, 7) is 0.525. The highest BCUT2D eigenvalue weighted by Gasteiger charge is 2.25. The third-order valence-electron chi connectivity index (χ3n) is 5.32. The average Bonchev–Trinajstić information content (AvgIpc) is 3.50. The van der Waals surface area contributed by atoms with E-state index in [1.807, 2.05) is 42.3 Å². The second kappa shape index (κ2) is 9.17. The molecule has 0 radical (unpaired) electrons. The van der Waals surface area contributed by atoms with E-state index in [0.29, 0.717) is 33.6 Å². The van der Waals surface area contributed by atoms with Crippen molar-refractivity contribution in [2.24, 2.45) is 0 Å². The number of nitrogens with zero attached hydrogens (tertiary/aromatic N) is 5. The van der Waals surface area contributed by atoms with Crippen LogP contribution in [0, 0.1) is 0 Å². The highest BCUT2D eigenvalue weighted by molar-refractivity contribution is 6.30. The van der Waals surface area contributed by atoms with Gasteiger partial charge in [-0.2, -0.15) is 10.2 Å². The molecule has 3 aromatic heterocycles. The number of hydrogen-bond acceptors (Lipinski definition) is 5. The van der Waals surface area contributed by atoms with Gasteiger partial charge in [-0.1, -0.05) is 35.3 Å². The van der Waals surface area contributed by atoms with Gasteiger partial charge >= 0.3 is 0 Å². The first-order valence-electron chi connectivity index (χ1n) is 10.4. The van der Waals surface area contributed by atoms with Gasteiger partial charge in [0.05, 0.1) is 11.9 Å². The van der Waals surface area contributed by atoms with E-state index in [9.17, 15) is 4.79 Å². The van der Waals surface area contributed by atoms with E-state index in [-0.39, 0.29) is 11.6 Å². The Labute approximate surface area is 205 Å². The van der Waals surface area contributed by atoms with Crippen LogP contribution in [0.2, 0.25) is 10.0 Å². The van der Waals surface area contributed by atoms with Crippen molar-refractivity contribution < 1.29 is 4.79 Å². The molecule has 0 atom stereocenters. The summed E-state index contributed by atoms with van der Waals surface area (Å²) < 4.78 is 1.66. The van der Waals surface area contributed by atoms with Gasteiger partial charge in [-0.3, -0.25) is 9.89 Å². The van der Waals surface area contributed by atoms with Gasteiger partial charge in [0.25, 0.3) is 5.91 Å². The van der Waals surface area contributed by atoms with Crippen LogP contribution in [0.4, 0.5) is 11.4 Å². The van der Waals surface area contributed by atoms with Crippen molar-refractivity contribution in [2.45, 2.75) is 6.54 Å². The Hall–Kier alpha value is -3.88. The van der Waals surface area contributed by atoms with Crippen molar-refractivity contribution in [1.29, 1.82) is 0 Å². The van der Waals surface area contributed by atoms with Gasteiger partial charge < -0.3 is 10.2 Å². The van der Waals surface area contributed by atoms with Gasteiger partial charge in [-0.25, -0.2) is 9.50 Å². The maximum atomic E-state index is 13.4. The molecule has 2 aromatic carbocycles. The number of rotatable bonds is 6. The van der Waals surface area contributed by atoms with Crippen LogP contribution in [-0.2, 0) is 6.54 Å². The number of halogens is 2. The monoisotopic (exact) mass is 491 g/mol. The summed E-state index contributed by atoms with van der Waals surface area (Å²) in [7, 11) is 1.90. The Morgan fingerprint density at radius 3 is 2.44 bits per heavy atom. The van der Waals surface area contributed by atoms with Gasteiger partial charge in [0.15, 0.2) is 11.3 Å². The molecule has 1 amide bonds. The second-order valence-electron chi connectivity index (χ2n) is 7.69. The van der Waals surface area contributed by atoms with Crippen molar-refractivity contribution in [3.05, 3.63) is 94.5 Å². The summed E-state index contributed by atoms with van der Waals surface area (Å²) >= 11 is 12.0. The first kappa shape index (κ1) is 21.9. The van der Waals surface area contributed by atoms with Gasteiger partial charge in [0.1, 0.15) is 5.69 Å². The number of nitrogens with one attached hydrogen (secondary N) is 2. The number of fused-ring (bicyclic) bond motifs is 1. The second-order valence-corrected chi connectivity index (χ2v) is 8.57. The van der Waals surface area contributed by atoms with Crippen molar-refractivity contribution >= 4 is 46.1 Å². The minimum absolute atomic E-state index is 0.245. The summed E-state index contributed by atoms with van der Waals surface area (Å²) in [6, 6.07) is 16.3. The number of carbonyl (C=O) groups is 1. The quantitative estimate of drug-likeness (QED) is 0.335. The molecule has 0 spiro atoms. The normalized spacial score (nSPS) is 11.0. The standard InChI is InChI=1S/C24H19Cl2N7O/c1-32(14-15-2-4-17(25)5-3-15)22-21(24(34)30-19-8-6-18(26)7-9-19)31-33-20(10-11-27-23(22)33)16-12-28-29-13-16/h2-13H,14H2,1H3,(H,28,29)(H,30,34). The topological polar surface area (TPSA) is 91.2 Å². The fourth-order valence-electron chi connectivity index (χ4n) is 3.71. The summed E-state index contributed by atoms with van der Waals surface area (Å²) in [4.78, 5) is 19.9. The number of aromatic amines is 1. The molecule has 2 N–H and O–H groups in total. The molecule has 170 valence electrons. The van der Waals surface area contributed by atoms with Crippen LogP contribution in [0.1, 0.15) is 16.1 Å². The van der Waals surface area contributed by atoms with Crippen molar-refractivity contribution in [1.82, 2.24) is 24.8 Å². The molecule has 0 aliphatic rings. The predicted octanol–water partition coefficient (Wildman–Crippen LogP) is 5.31. The van der Waals surface area contributed by atoms with Crippen LogP contribution in [0.25, 0.3) is 16.9 Å². The molecule has 5 rings (SSSR count). The minimum atomic E-state index is -0.357. The molecular formula is C24H19Cl2N7O. The van der Waals surface area contributed by atoms with Crippen LogP contribution in [0.3, 0.4) is 0 Å². The Morgan fingerprint density at radius 1 is 1.06 bits per heavy atom. The Balaban J connectivity index is 1.60. The van der Waals surface area contributed by atoms with E-state index in [1.165, 1.54) is 0 Å². The summed E-state index contributed by atoms with van der Waals surface area (Å²) in [5, 5.41) is 15.7. The molecule has 10 heteroatoms. The number of benzene rings is 2. The van der Waals surface area contributed by atoms with Gasteiger partial charge in [0, 0.05) is 47.3 Å².